The van der Waals surface area contributed by atoms with Crippen molar-refractivity contribution in [2.24, 2.45) is 0 Å². The average molecular weight is 465 g/mol. The van der Waals surface area contributed by atoms with Crippen molar-refractivity contribution < 1.29 is 9.53 Å². The maximum Gasteiger partial charge on any atom is 0.254 e. The number of hydrogen-bond acceptors (Lipinski definition) is 5. The normalized spacial score (nSPS) is 20.4. The van der Waals surface area contributed by atoms with E-state index in [-0.39, 0.29) is 17.6 Å². The van der Waals surface area contributed by atoms with Crippen LogP contribution >= 0.6 is 0 Å². The van der Waals surface area contributed by atoms with Crippen molar-refractivity contribution in [2.45, 2.75) is 77.6 Å². The maximum absolute atomic E-state index is 13.7. The minimum atomic E-state index is -0.0787. The number of benzene rings is 1. The van der Waals surface area contributed by atoms with Gasteiger partial charge in [-0.15, -0.1) is 0 Å². The molecule has 0 radical (unpaired) electrons. The summed E-state index contributed by atoms with van der Waals surface area (Å²) in [6.45, 7) is 12.9. The standard InChI is InChI=1S/C28H40N4O2/c1-5-32(25-11-17-34-28(19-25)12-15-31(16-13-28)21(2)3)27(33)23-10-9-22(4)26(18-23)30-20-24-8-6-7-14-29-24/h6-10,14,18,21,25,30H,5,11-13,15-17,19-20H2,1-4H3. The van der Waals surface area contributed by atoms with Gasteiger partial charge in [-0.05, 0) is 83.2 Å². The third kappa shape index (κ3) is 5.61. The molecule has 2 aliphatic heterocycles. The van der Waals surface area contributed by atoms with Crippen LogP contribution < -0.4 is 5.32 Å². The lowest BCUT2D eigenvalue weighted by molar-refractivity contribution is -0.131. The van der Waals surface area contributed by atoms with Crippen molar-refractivity contribution in [1.29, 1.82) is 0 Å². The number of aryl methyl sites for hydroxylation is 1. The lowest BCUT2D eigenvalue weighted by Crippen LogP contribution is -2.55. The van der Waals surface area contributed by atoms with Crippen LogP contribution in [0.3, 0.4) is 0 Å². The van der Waals surface area contributed by atoms with Crippen molar-refractivity contribution in [1.82, 2.24) is 14.8 Å². The molecule has 1 atom stereocenters. The molecule has 1 aromatic heterocycles. The molecule has 34 heavy (non-hydrogen) atoms. The number of hydrogen-bond donors (Lipinski definition) is 1. The van der Waals surface area contributed by atoms with Crippen LogP contribution in [0.2, 0.25) is 0 Å². The van der Waals surface area contributed by atoms with Crippen molar-refractivity contribution in [2.75, 3.05) is 31.6 Å². The molecule has 2 fully saturated rings. The quantitative estimate of drug-likeness (QED) is 0.633. The second-order valence-corrected chi connectivity index (χ2v) is 10.1. The molecule has 6 heteroatoms. The lowest BCUT2D eigenvalue weighted by atomic mass is 9.81. The summed E-state index contributed by atoms with van der Waals surface area (Å²) < 4.78 is 6.37. The third-order valence-electron chi connectivity index (χ3n) is 7.62. The SMILES string of the molecule is CCN(C(=O)c1ccc(C)c(NCc2ccccn2)c1)C1CCOC2(CCN(C(C)C)CC2)C1. The van der Waals surface area contributed by atoms with E-state index in [1.807, 2.05) is 36.4 Å². The number of ether oxygens (including phenoxy) is 1. The minimum absolute atomic E-state index is 0.0787. The van der Waals surface area contributed by atoms with Crippen LogP contribution in [0.5, 0.6) is 0 Å². The monoisotopic (exact) mass is 464 g/mol. The molecule has 2 saturated heterocycles. The first-order valence-electron chi connectivity index (χ1n) is 12.8. The topological polar surface area (TPSA) is 57.7 Å². The van der Waals surface area contributed by atoms with Gasteiger partial charge < -0.3 is 19.9 Å². The summed E-state index contributed by atoms with van der Waals surface area (Å²) in [6, 6.07) is 12.7. The van der Waals surface area contributed by atoms with E-state index in [1.54, 1.807) is 6.20 Å². The summed E-state index contributed by atoms with van der Waals surface area (Å²) in [5.74, 6) is 0.116. The van der Waals surface area contributed by atoms with Gasteiger partial charge in [0, 0.05) is 55.8 Å². The van der Waals surface area contributed by atoms with E-state index in [0.29, 0.717) is 19.1 Å². The number of aromatic nitrogens is 1. The van der Waals surface area contributed by atoms with Gasteiger partial charge in [0.25, 0.3) is 5.91 Å². The van der Waals surface area contributed by atoms with Gasteiger partial charge >= 0.3 is 0 Å². The van der Waals surface area contributed by atoms with Crippen LogP contribution in [0.15, 0.2) is 42.6 Å². The van der Waals surface area contributed by atoms with E-state index in [2.05, 4.69) is 47.8 Å². The van der Waals surface area contributed by atoms with E-state index < -0.39 is 0 Å². The first-order valence-corrected chi connectivity index (χ1v) is 12.8. The van der Waals surface area contributed by atoms with Gasteiger partial charge in [0.15, 0.2) is 0 Å². The van der Waals surface area contributed by atoms with Crippen molar-refractivity contribution in [3.05, 3.63) is 59.4 Å². The number of likely N-dealkylation sites (tertiary alicyclic amines) is 1. The van der Waals surface area contributed by atoms with Crippen LogP contribution in [0.1, 0.15) is 68.1 Å². The van der Waals surface area contributed by atoms with E-state index >= 15 is 0 Å². The zero-order chi connectivity index (χ0) is 24.1. The molecule has 0 saturated carbocycles. The fourth-order valence-electron chi connectivity index (χ4n) is 5.43. The summed E-state index contributed by atoms with van der Waals surface area (Å²) in [5.41, 5.74) is 3.75. The Hall–Kier alpha value is -2.44. The van der Waals surface area contributed by atoms with E-state index in [1.165, 1.54) is 0 Å². The highest BCUT2D eigenvalue weighted by Crippen LogP contribution is 2.37. The van der Waals surface area contributed by atoms with Crippen molar-refractivity contribution in [3.63, 3.8) is 0 Å². The molecule has 2 aromatic rings. The number of amides is 1. The molecule has 1 N–H and O–H groups in total. The van der Waals surface area contributed by atoms with Crippen LogP contribution in [-0.2, 0) is 11.3 Å². The summed E-state index contributed by atoms with van der Waals surface area (Å²) in [7, 11) is 0. The number of piperidine rings is 1. The largest absolute Gasteiger partial charge is 0.379 e. The Morgan fingerprint density at radius 1 is 1.26 bits per heavy atom. The number of carbonyl (C=O) groups excluding carboxylic acids is 1. The predicted octanol–water partition coefficient (Wildman–Crippen LogP) is 4.89. The molecule has 6 nitrogen and oxygen atoms in total. The molecule has 1 spiro atoms. The van der Waals surface area contributed by atoms with Gasteiger partial charge in [-0.25, -0.2) is 0 Å². The molecule has 3 heterocycles. The third-order valence-corrected chi connectivity index (χ3v) is 7.62. The fraction of sp³-hybridized carbons (Fsp3) is 0.571. The second kappa shape index (κ2) is 10.9. The minimum Gasteiger partial charge on any atom is -0.379 e. The predicted molar refractivity (Wildman–Crippen MR) is 137 cm³/mol. The van der Waals surface area contributed by atoms with E-state index in [4.69, 9.17) is 4.74 Å². The molecular formula is C28H40N4O2. The zero-order valence-electron chi connectivity index (χ0n) is 21.2. The molecule has 1 amide bonds. The highest BCUT2D eigenvalue weighted by molar-refractivity contribution is 5.95. The zero-order valence-corrected chi connectivity index (χ0v) is 21.2. The van der Waals surface area contributed by atoms with E-state index in [9.17, 15) is 4.79 Å². The molecule has 1 aromatic carbocycles. The summed E-state index contributed by atoms with van der Waals surface area (Å²) in [6.07, 6.45) is 5.76. The Labute approximate surface area is 204 Å². The second-order valence-electron chi connectivity index (χ2n) is 10.1. The van der Waals surface area contributed by atoms with Gasteiger partial charge in [0.2, 0.25) is 0 Å². The smallest absolute Gasteiger partial charge is 0.254 e. The van der Waals surface area contributed by atoms with Crippen molar-refractivity contribution >= 4 is 11.6 Å². The molecule has 0 bridgehead atoms. The molecular weight excluding hydrogens is 424 g/mol. The summed E-state index contributed by atoms with van der Waals surface area (Å²) >= 11 is 0. The summed E-state index contributed by atoms with van der Waals surface area (Å²) in [4.78, 5) is 22.7. The highest BCUT2D eigenvalue weighted by Gasteiger charge is 2.42. The number of rotatable bonds is 7. The van der Waals surface area contributed by atoms with E-state index in [0.717, 1.165) is 67.9 Å². The van der Waals surface area contributed by atoms with Crippen LogP contribution in [0.25, 0.3) is 0 Å². The lowest BCUT2D eigenvalue weighted by Gasteiger charge is -2.49. The van der Waals surface area contributed by atoms with Crippen LogP contribution in [0.4, 0.5) is 5.69 Å². The number of pyridine rings is 1. The van der Waals surface area contributed by atoms with Gasteiger partial charge in [-0.3, -0.25) is 9.78 Å². The molecule has 0 aliphatic carbocycles. The Balaban J connectivity index is 1.45. The van der Waals surface area contributed by atoms with Gasteiger partial charge in [0.1, 0.15) is 0 Å². The Morgan fingerprint density at radius 2 is 2.06 bits per heavy atom. The first kappa shape index (κ1) is 24.7. The number of carbonyl (C=O) groups is 1. The number of nitrogens with zero attached hydrogens (tertiary/aromatic N) is 3. The molecule has 1 unspecified atom stereocenters. The highest BCUT2D eigenvalue weighted by atomic mass is 16.5. The molecule has 184 valence electrons. The van der Waals surface area contributed by atoms with Crippen LogP contribution in [0, 0.1) is 6.92 Å². The van der Waals surface area contributed by atoms with Gasteiger partial charge in [-0.1, -0.05) is 12.1 Å². The van der Waals surface area contributed by atoms with Crippen LogP contribution in [-0.4, -0.2) is 64.6 Å². The average Bonchev–Trinajstić information content (AvgIpc) is 2.85. The Morgan fingerprint density at radius 3 is 2.74 bits per heavy atom. The van der Waals surface area contributed by atoms with Gasteiger partial charge in [0.05, 0.1) is 17.8 Å². The number of anilines is 1. The molecule has 4 rings (SSSR count). The molecule has 2 aliphatic rings. The first-order chi connectivity index (χ1) is 16.4. The Kier molecular flexibility index (Phi) is 7.89. The fourth-order valence-corrected chi connectivity index (χ4v) is 5.43. The Bertz CT molecular complexity index is 954. The summed E-state index contributed by atoms with van der Waals surface area (Å²) in [5, 5.41) is 3.46. The van der Waals surface area contributed by atoms with Crippen molar-refractivity contribution in [3.8, 4) is 0 Å². The van der Waals surface area contributed by atoms with Gasteiger partial charge in [-0.2, -0.15) is 0 Å². The maximum atomic E-state index is 13.7. The number of nitrogens with one attached hydrogen (secondary N) is 1.